The molecule has 1 amide bonds. The summed E-state index contributed by atoms with van der Waals surface area (Å²) in [5.41, 5.74) is 1.02. The van der Waals surface area contributed by atoms with Crippen molar-refractivity contribution in [2.45, 2.75) is 19.9 Å². The minimum absolute atomic E-state index is 0.0279. The molecule has 1 aromatic rings. The number of hydrogen-bond acceptors (Lipinski definition) is 4. The van der Waals surface area contributed by atoms with Gasteiger partial charge in [-0.3, -0.25) is 4.79 Å². The summed E-state index contributed by atoms with van der Waals surface area (Å²) >= 11 is 1.63. The summed E-state index contributed by atoms with van der Waals surface area (Å²) < 4.78 is 0. The zero-order chi connectivity index (χ0) is 11.8. The topological polar surface area (TPSA) is 54.0 Å². The molecule has 1 heterocycles. The molecule has 0 aromatic carbocycles. The first kappa shape index (κ1) is 12.7. The first-order chi connectivity index (χ1) is 7.72. The third-order valence-electron chi connectivity index (χ3n) is 1.89. The van der Waals surface area contributed by atoms with Gasteiger partial charge in [-0.15, -0.1) is 17.8 Å². The predicted octanol–water partition coefficient (Wildman–Crippen LogP) is 0.681. The number of aromatic nitrogens is 1. The monoisotopic (exact) mass is 237 g/mol. The average Bonchev–Trinajstić information content (AvgIpc) is 2.67. The Labute approximate surface area is 99.5 Å². The lowest BCUT2D eigenvalue weighted by Crippen LogP contribution is -2.27. The SMILES string of the molecule is C#CCNC(=O)CCNCc1csc(C)n1. The second-order valence-electron chi connectivity index (χ2n) is 3.27. The van der Waals surface area contributed by atoms with E-state index < -0.39 is 0 Å². The molecule has 4 nitrogen and oxygen atoms in total. The van der Waals surface area contributed by atoms with Gasteiger partial charge in [0, 0.05) is 24.9 Å². The van der Waals surface area contributed by atoms with Gasteiger partial charge in [0.15, 0.2) is 0 Å². The van der Waals surface area contributed by atoms with Crippen LogP contribution in [0.2, 0.25) is 0 Å². The van der Waals surface area contributed by atoms with Crippen molar-refractivity contribution in [2.24, 2.45) is 0 Å². The number of hydrogen-bond donors (Lipinski definition) is 2. The molecule has 0 saturated carbocycles. The van der Waals surface area contributed by atoms with Gasteiger partial charge in [-0.05, 0) is 6.92 Å². The fourth-order valence-corrected chi connectivity index (χ4v) is 1.76. The maximum absolute atomic E-state index is 11.2. The Morgan fingerprint density at radius 2 is 2.50 bits per heavy atom. The Morgan fingerprint density at radius 3 is 3.12 bits per heavy atom. The van der Waals surface area contributed by atoms with Crippen LogP contribution in [-0.4, -0.2) is 24.0 Å². The van der Waals surface area contributed by atoms with E-state index in [0.717, 1.165) is 10.7 Å². The van der Waals surface area contributed by atoms with Crippen LogP contribution in [0.1, 0.15) is 17.1 Å². The van der Waals surface area contributed by atoms with Gasteiger partial charge in [0.2, 0.25) is 5.91 Å². The lowest BCUT2D eigenvalue weighted by Gasteiger charge is -2.02. The normalized spacial score (nSPS) is 9.75. The van der Waals surface area contributed by atoms with Crippen LogP contribution in [0.5, 0.6) is 0 Å². The van der Waals surface area contributed by atoms with Gasteiger partial charge in [-0.2, -0.15) is 0 Å². The second-order valence-corrected chi connectivity index (χ2v) is 4.33. The zero-order valence-electron chi connectivity index (χ0n) is 9.25. The van der Waals surface area contributed by atoms with Crippen LogP contribution in [0.3, 0.4) is 0 Å². The highest BCUT2D eigenvalue weighted by Gasteiger charge is 2.00. The number of amides is 1. The highest BCUT2D eigenvalue weighted by Crippen LogP contribution is 2.06. The maximum Gasteiger partial charge on any atom is 0.222 e. The number of rotatable bonds is 6. The lowest BCUT2D eigenvalue weighted by molar-refractivity contribution is -0.120. The first-order valence-electron chi connectivity index (χ1n) is 5.04. The molecule has 0 bridgehead atoms. The van der Waals surface area contributed by atoms with Crippen molar-refractivity contribution in [3.05, 3.63) is 16.1 Å². The quantitative estimate of drug-likeness (QED) is 0.565. The van der Waals surface area contributed by atoms with Crippen LogP contribution in [0, 0.1) is 19.3 Å². The van der Waals surface area contributed by atoms with E-state index in [-0.39, 0.29) is 5.91 Å². The molecule has 86 valence electrons. The van der Waals surface area contributed by atoms with E-state index in [4.69, 9.17) is 6.42 Å². The first-order valence-corrected chi connectivity index (χ1v) is 5.92. The molecule has 0 aliphatic rings. The van der Waals surface area contributed by atoms with Crippen molar-refractivity contribution in [3.8, 4) is 12.3 Å². The summed E-state index contributed by atoms with van der Waals surface area (Å²) in [5, 5.41) is 8.83. The Morgan fingerprint density at radius 1 is 1.69 bits per heavy atom. The van der Waals surface area contributed by atoms with Gasteiger partial charge in [0.05, 0.1) is 17.2 Å². The highest BCUT2D eigenvalue weighted by molar-refractivity contribution is 7.09. The third kappa shape index (κ3) is 4.91. The Hall–Kier alpha value is -1.38. The van der Waals surface area contributed by atoms with E-state index in [1.807, 2.05) is 12.3 Å². The van der Waals surface area contributed by atoms with E-state index in [1.54, 1.807) is 11.3 Å². The van der Waals surface area contributed by atoms with Crippen LogP contribution >= 0.6 is 11.3 Å². The molecule has 0 atom stereocenters. The Bertz CT molecular complexity index is 381. The van der Waals surface area contributed by atoms with Crippen LogP contribution in [0.25, 0.3) is 0 Å². The molecule has 0 unspecified atom stereocenters. The molecule has 0 spiro atoms. The fourth-order valence-electron chi connectivity index (χ4n) is 1.15. The summed E-state index contributed by atoms with van der Waals surface area (Å²) in [5.74, 6) is 2.33. The standard InChI is InChI=1S/C11H15N3OS/c1-3-5-13-11(15)4-6-12-7-10-8-16-9(2)14-10/h1,8,12H,4-7H2,2H3,(H,13,15). The molecule has 16 heavy (non-hydrogen) atoms. The molecule has 1 rings (SSSR count). The summed E-state index contributed by atoms with van der Waals surface area (Å²) in [7, 11) is 0. The summed E-state index contributed by atoms with van der Waals surface area (Å²) in [6.07, 6.45) is 5.46. The summed E-state index contributed by atoms with van der Waals surface area (Å²) in [6.45, 7) is 3.60. The van der Waals surface area contributed by atoms with E-state index in [1.165, 1.54) is 0 Å². The molecular formula is C11H15N3OS. The van der Waals surface area contributed by atoms with Gasteiger partial charge in [0.25, 0.3) is 0 Å². The number of carbonyl (C=O) groups is 1. The van der Waals surface area contributed by atoms with Crippen molar-refractivity contribution in [3.63, 3.8) is 0 Å². The van der Waals surface area contributed by atoms with E-state index in [2.05, 4.69) is 21.5 Å². The van der Waals surface area contributed by atoms with Gasteiger partial charge in [-0.25, -0.2) is 4.98 Å². The predicted molar refractivity (Wildman–Crippen MR) is 65.0 cm³/mol. The molecule has 1 aromatic heterocycles. The summed E-state index contributed by atoms with van der Waals surface area (Å²) in [4.78, 5) is 15.5. The number of carbonyl (C=O) groups excluding carboxylic acids is 1. The molecule has 5 heteroatoms. The largest absolute Gasteiger partial charge is 0.345 e. The summed E-state index contributed by atoms with van der Waals surface area (Å²) in [6, 6.07) is 0. The molecule has 0 aliphatic carbocycles. The number of nitrogens with one attached hydrogen (secondary N) is 2. The van der Waals surface area contributed by atoms with Gasteiger partial charge in [0.1, 0.15) is 0 Å². The average molecular weight is 237 g/mol. The van der Waals surface area contributed by atoms with Gasteiger partial charge < -0.3 is 10.6 Å². The smallest absolute Gasteiger partial charge is 0.222 e. The van der Waals surface area contributed by atoms with Crippen LogP contribution < -0.4 is 10.6 Å². The molecule has 0 fully saturated rings. The second kappa shape index (κ2) is 6.99. The van der Waals surface area contributed by atoms with Crippen molar-refractivity contribution in [2.75, 3.05) is 13.1 Å². The van der Waals surface area contributed by atoms with Crippen molar-refractivity contribution >= 4 is 17.2 Å². The number of terminal acetylenes is 1. The third-order valence-corrected chi connectivity index (χ3v) is 2.71. The Balaban J connectivity index is 2.08. The Kier molecular flexibility index (Phi) is 5.54. The number of aryl methyl sites for hydroxylation is 1. The van der Waals surface area contributed by atoms with Crippen molar-refractivity contribution < 1.29 is 4.79 Å². The van der Waals surface area contributed by atoms with Gasteiger partial charge >= 0.3 is 0 Å². The minimum atomic E-state index is -0.0279. The number of nitrogens with zero attached hydrogens (tertiary/aromatic N) is 1. The van der Waals surface area contributed by atoms with Crippen molar-refractivity contribution in [1.29, 1.82) is 0 Å². The van der Waals surface area contributed by atoms with Crippen LogP contribution in [0.15, 0.2) is 5.38 Å². The van der Waals surface area contributed by atoms with Crippen LogP contribution in [0.4, 0.5) is 0 Å². The molecule has 0 saturated heterocycles. The number of thiazole rings is 1. The van der Waals surface area contributed by atoms with E-state index >= 15 is 0 Å². The van der Waals surface area contributed by atoms with Crippen LogP contribution in [-0.2, 0) is 11.3 Å². The van der Waals surface area contributed by atoms with Gasteiger partial charge in [-0.1, -0.05) is 5.92 Å². The highest BCUT2D eigenvalue weighted by atomic mass is 32.1. The zero-order valence-corrected chi connectivity index (χ0v) is 10.1. The van der Waals surface area contributed by atoms with E-state index in [0.29, 0.717) is 26.1 Å². The lowest BCUT2D eigenvalue weighted by atomic mass is 10.3. The maximum atomic E-state index is 11.2. The molecule has 2 N–H and O–H groups in total. The van der Waals surface area contributed by atoms with E-state index in [9.17, 15) is 4.79 Å². The minimum Gasteiger partial charge on any atom is -0.345 e. The fraction of sp³-hybridized carbons (Fsp3) is 0.455. The molecule has 0 radical (unpaired) electrons. The van der Waals surface area contributed by atoms with Crippen molar-refractivity contribution in [1.82, 2.24) is 15.6 Å². The molecular weight excluding hydrogens is 222 g/mol. The molecule has 0 aliphatic heterocycles.